The molecule has 0 amide bonds. The Bertz CT molecular complexity index is 459. The van der Waals surface area contributed by atoms with Crippen LogP contribution < -0.4 is 9.47 Å². The summed E-state index contributed by atoms with van der Waals surface area (Å²) in [4.78, 5) is 0. The van der Waals surface area contributed by atoms with Crippen LogP contribution in [-0.2, 0) is 4.74 Å². The Balaban J connectivity index is 1.82. The number of ether oxygens (including phenoxy) is 3. The third-order valence-corrected chi connectivity index (χ3v) is 3.99. The van der Waals surface area contributed by atoms with Gasteiger partial charge in [0.1, 0.15) is 17.6 Å². The molecule has 4 nitrogen and oxygen atoms in total. The van der Waals surface area contributed by atoms with Crippen molar-refractivity contribution >= 4 is 0 Å². The molecule has 0 bridgehead atoms. The predicted molar refractivity (Wildman–Crippen MR) is 70.6 cm³/mol. The van der Waals surface area contributed by atoms with Gasteiger partial charge in [-0.25, -0.2) is 0 Å². The third-order valence-electron chi connectivity index (χ3n) is 3.99. The molecule has 4 heteroatoms. The molecule has 1 aromatic rings. The second kappa shape index (κ2) is 5.02. The topological polar surface area (TPSA) is 47.9 Å². The fourth-order valence-corrected chi connectivity index (χ4v) is 2.91. The van der Waals surface area contributed by atoms with E-state index in [9.17, 15) is 5.11 Å². The molecule has 0 saturated carbocycles. The van der Waals surface area contributed by atoms with E-state index >= 15 is 0 Å². The van der Waals surface area contributed by atoms with E-state index in [-0.39, 0.29) is 18.3 Å². The first-order chi connectivity index (χ1) is 9.17. The largest absolute Gasteiger partial charge is 0.497 e. The molecule has 1 fully saturated rings. The Morgan fingerprint density at radius 1 is 1.26 bits per heavy atom. The summed E-state index contributed by atoms with van der Waals surface area (Å²) in [6, 6.07) is 5.55. The lowest BCUT2D eigenvalue weighted by atomic mass is 9.95. The van der Waals surface area contributed by atoms with Gasteiger partial charge in [0.15, 0.2) is 0 Å². The van der Waals surface area contributed by atoms with Gasteiger partial charge in [0.2, 0.25) is 0 Å². The zero-order valence-corrected chi connectivity index (χ0v) is 11.3. The second-order valence-corrected chi connectivity index (χ2v) is 5.37. The molecular weight excluding hydrogens is 244 g/mol. The number of fused-ring (bicyclic) bond motifs is 1. The van der Waals surface area contributed by atoms with E-state index in [1.54, 1.807) is 7.11 Å². The molecule has 104 valence electrons. The molecule has 0 spiro atoms. The summed E-state index contributed by atoms with van der Waals surface area (Å²) < 4.78 is 17.1. The van der Waals surface area contributed by atoms with Gasteiger partial charge in [0.05, 0.1) is 25.4 Å². The molecule has 3 rings (SSSR count). The van der Waals surface area contributed by atoms with Gasteiger partial charge >= 0.3 is 0 Å². The van der Waals surface area contributed by atoms with Crippen LogP contribution in [-0.4, -0.2) is 30.5 Å². The minimum Gasteiger partial charge on any atom is -0.497 e. The molecule has 4 atom stereocenters. The van der Waals surface area contributed by atoms with Gasteiger partial charge in [-0.2, -0.15) is 0 Å². The van der Waals surface area contributed by atoms with Crippen LogP contribution in [0, 0.1) is 0 Å². The molecule has 2 aliphatic rings. The average molecular weight is 264 g/mol. The van der Waals surface area contributed by atoms with Crippen molar-refractivity contribution in [1.29, 1.82) is 0 Å². The molecule has 0 aliphatic carbocycles. The van der Waals surface area contributed by atoms with Crippen molar-refractivity contribution in [2.75, 3.05) is 7.11 Å². The minimum atomic E-state index is -0.487. The van der Waals surface area contributed by atoms with E-state index in [4.69, 9.17) is 14.2 Å². The smallest absolute Gasteiger partial charge is 0.129 e. The van der Waals surface area contributed by atoms with Gasteiger partial charge < -0.3 is 19.3 Å². The van der Waals surface area contributed by atoms with E-state index in [0.717, 1.165) is 24.2 Å². The molecule has 1 aromatic carbocycles. The first kappa shape index (κ1) is 12.8. The molecule has 0 aromatic heterocycles. The van der Waals surface area contributed by atoms with Crippen LogP contribution in [0.4, 0.5) is 0 Å². The second-order valence-electron chi connectivity index (χ2n) is 5.37. The Labute approximate surface area is 113 Å². The van der Waals surface area contributed by atoms with Crippen molar-refractivity contribution < 1.29 is 19.3 Å². The van der Waals surface area contributed by atoms with Gasteiger partial charge in [0, 0.05) is 18.1 Å². The van der Waals surface area contributed by atoms with Crippen LogP contribution in [0.25, 0.3) is 0 Å². The summed E-state index contributed by atoms with van der Waals surface area (Å²) in [6.07, 6.45) is 2.47. The van der Waals surface area contributed by atoms with E-state index in [0.29, 0.717) is 12.2 Å². The normalized spacial score (nSPS) is 33.6. The Hall–Kier alpha value is -1.26. The van der Waals surface area contributed by atoms with Crippen LogP contribution in [0.5, 0.6) is 11.5 Å². The van der Waals surface area contributed by atoms with Crippen molar-refractivity contribution in [3.05, 3.63) is 23.8 Å². The number of aliphatic hydroxyl groups is 1. The lowest BCUT2D eigenvalue weighted by Crippen LogP contribution is -2.36. The van der Waals surface area contributed by atoms with Crippen LogP contribution >= 0.6 is 0 Å². The summed E-state index contributed by atoms with van der Waals surface area (Å²) in [7, 11) is 1.63. The van der Waals surface area contributed by atoms with Crippen molar-refractivity contribution in [3.8, 4) is 11.5 Å². The highest BCUT2D eigenvalue weighted by Gasteiger charge is 2.36. The van der Waals surface area contributed by atoms with Crippen molar-refractivity contribution in [3.63, 3.8) is 0 Å². The predicted octanol–water partition coefficient (Wildman–Crippen LogP) is 2.45. The van der Waals surface area contributed by atoms with Crippen molar-refractivity contribution in [1.82, 2.24) is 0 Å². The van der Waals surface area contributed by atoms with Crippen LogP contribution in [0.3, 0.4) is 0 Å². The maximum Gasteiger partial charge on any atom is 0.129 e. The monoisotopic (exact) mass is 264 g/mol. The van der Waals surface area contributed by atoms with Crippen LogP contribution in [0.1, 0.15) is 37.9 Å². The number of rotatable bonds is 2. The third kappa shape index (κ3) is 2.42. The van der Waals surface area contributed by atoms with Crippen LogP contribution in [0.2, 0.25) is 0 Å². The fraction of sp³-hybridized carbons (Fsp3) is 0.600. The van der Waals surface area contributed by atoms with E-state index in [1.165, 1.54) is 0 Å². The van der Waals surface area contributed by atoms with Gasteiger partial charge in [-0.1, -0.05) is 0 Å². The van der Waals surface area contributed by atoms with E-state index in [2.05, 4.69) is 6.92 Å². The Kier molecular flexibility index (Phi) is 3.37. The maximum atomic E-state index is 10.2. The molecular formula is C15H20O4. The van der Waals surface area contributed by atoms with E-state index in [1.807, 2.05) is 18.2 Å². The summed E-state index contributed by atoms with van der Waals surface area (Å²) >= 11 is 0. The Morgan fingerprint density at radius 2 is 2.11 bits per heavy atom. The molecule has 2 aliphatic heterocycles. The standard InChI is InChI=1S/C15H20O4/c1-9-3-6-13(18-9)15-8-12(16)11-5-4-10(17-2)7-14(11)19-15/h4-5,7,9,12-13,15-16H,3,6,8H2,1-2H3/t9?,12-,13?,15?/m1/s1. The zero-order chi connectivity index (χ0) is 13.4. The van der Waals surface area contributed by atoms with Gasteiger partial charge in [-0.15, -0.1) is 0 Å². The lowest BCUT2D eigenvalue weighted by molar-refractivity contribution is -0.0466. The highest BCUT2D eigenvalue weighted by molar-refractivity contribution is 5.43. The molecule has 19 heavy (non-hydrogen) atoms. The highest BCUT2D eigenvalue weighted by Crippen LogP contribution is 2.40. The number of aliphatic hydroxyl groups excluding tert-OH is 1. The maximum absolute atomic E-state index is 10.2. The number of benzene rings is 1. The van der Waals surface area contributed by atoms with Gasteiger partial charge in [-0.05, 0) is 31.9 Å². The molecule has 0 radical (unpaired) electrons. The number of hydrogen-bond acceptors (Lipinski definition) is 4. The highest BCUT2D eigenvalue weighted by atomic mass is 16.6. The summed E-state index contributed by atoms with van der Waals surface area (Å²) in [5, 5.41) is 10.2. The first-order valence-corrected chi connectivity index (χ1v) is 6.85. The van der Waals surface area contributed by atoms with Crippen LogP contribution in [0.15, 0.2) is 18.2 Å². The Morgan fingerprint density at radius 3 is 2.79 bits per heavy atom. The van der Waals surface area contributed by atoms with Gasteiger partial charge in [-0.3, -0.25) is 0 Å². The quantitative estimate of drug-likeness (QED) is 0.891. The molecule has 2 heterocycles. The fourth-order valence-electron chi connectivity index (χ4n) is 2.91. The van der Waals surface area contributed by atoms with E-state index < -0.39 is 6.10 Å². The summed E-state index contributed by atoms with van der Waals surface area (Å²) in [5.74, 6) is 1.46. The van der Waals surface area contributed by atoms with Crippen molar-refractivity contribution in [2.24, 2.45) is 0 Å². The average Bonchev–Trinajstić information content (AvgIpc) is 2.84. The summed E-state index contributed by atoms with van der Waals surface area (Å²) in [5.41, 5.74) is 0.836. The van der Waals surface area contributed by atoms with Crippen molar-refractivity contribution in [2.45, 2.75) is 50.6 Å². The lowest BCUT2D eigenvalue weighted by Gasteiger charge is -2.33. The van der Waals surface area contributed by atoms with Gasteiger partial charge in [0.25, 0.3) is 0 Å². The number of hydrogen-bond donors (Lipinski definition) is 1. The summed E-state index contributed by atoms with van der Waals surface area (Å²) in [6.45, 7) is 2.08. The zero-order valence-electron chi connectivity index (χ0n) is 11.3. The minimum absolute atomic E-state index is 0.0699. The molecule has 3 unspecified atom stereocenters. The first-order valence-electron chi connectivity index (χ1n) is 6.85. The molecule has 1 saturated heterocycles. The molecule has 1 N–H and O–H groups in total. The number of methoxy groups -OCH3 is 1. The SMILES string of the molecule is COc1ccc2c(c1)OC(C1CCC(C)O1)C[C@H]2O.